The standard InChI is InChI=1S/C27H27N3O4/c31-25(28-16-20-7-3-1-4-8-20)19-34-24-13-11-23(12-14-24)30-18-22(15-26(30)32)27(33)29-17-21-9-5-2-6-10-21/h1-14,22H,15-19H2,(H,28,31)(H,29,33)/t22-/m0/s1. The Balaban J connectivity index is 1.24. The lowest BCUT2D eigenvalue weighted by atomic mass is 10.1. The zero-order valence-corrected chi connectivity index (χ0v) is 18.8. The SMILES string of the molecule is O=C(COc1ccc(N2C[C@@H](C(=O)NCc3ccccc3)CC2=O)cc1)NCc1ccccc1. The first-order valence-electron chi connectivity index (χ1n) is 11.2. The lowest BCUT2D eigenvalue weighted by molar-refractivity contribution is -0.126. The number of carbonyl (C=O) groups excluding carboxylic acids is 3. The molecule has 2 N–H and O–H groups in total. The van der Waals surface area contributed by atoms with Crippen LogP contribution in [0.4, 0.5) is 5.69 Å². The second-order valence-corrected chi connectivity index (χ2v) is 8.15. The van der Waals surface area contributed by atoms with Crippen molar-refractivity contribution in [2.75, 3.05) is 18.1 Å². The summed E-state index contributed by atoms with van der Waals surface area (Å²) in [7, 11) is 0. The van der Waals surface area contributed by atoms with Crippen molar-refractivity contribution in [2.45, 2.75) is 19.5 Å². The minimum Gasteiger partial charge on any atom is -0.484 e. The number of nitrogens with one attached hydrogen (secondary N) is 2. The molecule has 3 aromatic rings. The second-order valence-electron chi connectivity index (χ2n) is 8.15. The summed E-state index contributed by atoms with van der Waals surface area (Å²) in [5.41, 5.74) is 2.73. The second kappa shape index (κ2) is 11.1. The van der Waals surface area contributed by atoms with Crippen molar-refractivity contribution in [1.82, 2.24) is 10.6 Å². The lowest BCUT2D eigenvalue weighted by Gasteiger charge is -2.17. The zero-order valence-electron chi connectivity index (χ0n) is 18.8. The summed E-state index contributed by atoms with van der Waals surface area (Å²) in [4.78, 5) is 38.7. The molecule has 7 nitrogen and oxygen atoms in total. The van der Waals surface area contributed by atoms with Crippen molar-refractivity contribution in [2.24, 2.45) is 5.92 Å². The maximum Gasteiger partial charge on any atom is 0.258 e. The van der Waals surface area contributed by atoms with Crippen molar-refractivity contribution >= 4 is 23.4 Å². The first kappa shape index (κ1) is 23.0. The van der Waals surface area contributed by atoms with E-state index in [1.54, 1.807) is 29.2 Å². The van der Waals surface area contributed by atoms with Gasteiger partial charge in [-0.15, -0.1) is 0 Å². The van der Waals surface area contributed by atoms with Gasteiger partial charge >= 0.3 is 0 Å². The van der Waals surface area contributed by atoms with Gasteiger partial charge in [0.2, 0.25) is 11.8 Å². The molecular weight excluding hydrogens is 430 g/mol. The maximum absolute atomic E-state index is 12.5. The molecule has 1 aliphatic rings. The van der Waals surface area contributed by atoms with Gasteiger partial charge < -0.3 is 20.3 Å². The highest BCUT2D eigenvalue weighted by atomic mass is 16.5. The van der Waals surface area contributed by atoms with Crippen LogP contribution >= 0.6 is 0 Å². The first-order chi connectivity index (χ1) is 16.6. The summed E-state index contributed by atoms with van der Waals surface area (Å²) >= 11 is 0. The molecule has 3 amide bonds. The fraction of sp³-hybridized carbons (Fsp3) is 0.222. The van der Waals surface area contributed by atoms with Crippen molar-refractivity contribution < 1.29 is 19.1 Å². The molecule has 4 rings (SSSR count). The normalized spacial score (nSPS) is 15.1. The number of anilines is 1. The van der Waals surface area contributed by atoms with Crippen molar-refractivity contribution in [3.8, 4) is 5.75 Å². The highest BCUT2D eigenvalue weighted by Crippen LogP contribution is 2.27. The van der Waals surface area contributed by atoms with Crippen LogP contribution in [0, 0.1) is 5.92 Å². The largest absolute Gasteiger partial charge is 0.484 e. The predicted molar refractivity (Wildman–Crippen MR) is 129 cm³/mol. The van der Waals surface area contributed by atoms with Gasteiger partial charge in [-0.3, -0.25) is 14.4 Å². The van der Waals surface area contributed by atoms with E-state index in [0.29, 0.717) is 31.1 Å². The summed E-state index contributed by atoms with van der Waals surface area (Å²) in [5, 5.41) is 5.73. The van der Waals surface area contributed by atoms with E-state index in [2.05, 4.69) is 10.6 Å². The molecule has 174 valence electrons. The summed E-state index contributed by atoms with van der Waals surface area (Å²) in [6.45, 7) is 1.12. The van der Waals surface area contributed by atoms with Crippen LogP contribution < -0.4 is 20.3 Å². The first-order valence-corrected chi connectivity index (χ1v) is 11.2. The van der Waals surface area contributed by atoms with Crippen LogP contribution in [0.25, 0.3) is 0 Å². The molecule has 1 atom stereocenters. The van der Waals surface area contributed by atoms with E-state index in [4.69, 9.17) is 4.74 Å². The van der Waals surface area contributed by atoms with Crippen LogP contribution in [0.1, 0.15) is 17.5 Å². The Morgan fingerprint density at radius 3 is 2.03 bits per heavy atom. The van der Waals surface area contributed by atoms with Crippen LogP contribution in [0.2, 0.25) is 0 Å². The van der Waals surface area contributed by atoms with E-state index in [0.717, 1.165) is 11.1 Å². The third kappa shape index (κ3) is 6.22. The Hall–Kier alpha value is -4.13. The quantitative estimate of drug-likeness (QED) is 0.517. The molecule has 0 radical (unpaired) electrons. The summed E-state index contributed by atoms with van der Waals surface area (Å²) in [5.74, 6) is -0.287. The predicted octanol–water partition coefficient (Wildman–Crippen LogP) is 3.05. The fourth-order valence-electron chi connectivity index (χ4n) is 3.78. The van der Waals surface area contributed by atoms with Gasteiger partial charge in [-0.25, -0.2) is 0 Å². The molecule has 7 heteroatoms. The number of hydrogen-bond donors (Lipinski definition) is 2. The molecule has 0 spiro atoms. The summed E-state index contributed by atoms with van der Waals surface area (Å²) in [6, 6.07) is 26.3. The van der Waals surface area contributed by atoms with E-state index in [9.17, 15) is 14.4 Å². The van der Waals surface area contributed by atoms with Crippen molar-refractivity contribution in [3.63, 3.8) is 0 Å². The van der Waals surface area contributed by atoms with Gasteiger partial charge in [-0.1, -0.05) is 60.7 Å². The molecule has 0 unspecified atom stereocenters. The Morgan fingerprint density at radius 1 is 0.824 bits per heavy atom. The topological polar surface area (TPSA) is 87.7 Å². The highest BCUT2D eigenvalue weighted by Gasteiger charge is 2.35. The molecule has 3 aromatic carbocycles. The Labute approximate surface area is 198 Å². The van der Waals surface area contributed by atoms with Gasteiger partial charge in [0.25, 0.3) is 5.91 Å². The van der Waals surface area contributed by atoms with E-state index in [1.165, 1.54) is 0 Å². The fourth-order valence-corrected chi connectivity index (χ4v) is 3.78. The van der Waals surface area contributed by atoms with Gasteiger partial charge in [0, 0.05) is 31.7 Å². The number of nitrogens with zero attached hydrogens (tertiary/aromatic N) is 1. The molecule has 0 saturated carbocycles. The highest BCUT2D eigenvalue weighted by molar-refractivity contribution is 6.00. The number of amides is 3. The van der Waals surface area contributed by atoms with Gasteiger partial charge in [-0.2, -0.15) is 0 Å². The molecule has 0 aliphatic carbocycles. The smallest absolute Gasteiger partial charge is 0.258 e. The average molecular weight is 458 g/mol. The Bertz CT molecular complexity index is 1120. The van der Waals surface area contributed by atoms with Crippen LogP contribution in [-0.2, 0) is 27.5 Å². The van der Waals surface area contributed by atoms with Crippen LogP contribution in [0.5, 0.6) is 5.75 Å². The minimum atomic E-state index is -0.388. The Morgan fingerprint density at radius 2 is 1.41 bits per heavy atom. The number of ether oxygens (including phenoxy) is 1. The van der Waals surface area contributed by atoms with E-state index in [-0.39, 0.29) is 36.7 Å². The minimum absolute atomic E-state index is 0.0891. The molecule has 1 saturated heterocycles. The van der Waals surface area contributed by atoms with Gasteiger partial charge in [0.1, 0.15) is 5.75 Å². The van der Waals surface area contributed by atoms with Gasteiger partial charge in [-0.05, 0) is 35.4 Å². The summed E-state index contributed by atoms with van der Waals surface area (Å²) in [6.07, 6.45) is 0.181. The monoisotopic (exact) mass is 457 g/mol. The lowest BCUT2D eigenvalue weighted by Crippen LogP contribution is -2.32. The van der Waals surface area contributed by atoms with E-state index in [1.807, 2.05) is 60.7 Å². The van der Waals surface area contributed by atoms with E-state index >= 15 is 0 Å². The third-order valence-electron chi connectivity index (χ3n) is 5.66. The van der Waals surface area contributed by atoms with Crippen molar-refractivity contribution in [3.05, 3.63) is 96.1 Å². The molecule has 1 heterocycles. The Kier molecular flexibility index (Phi) is 7.55. The number of rotatable bonds is 9. The van der Waals surface area contributed by atoms with E-state index < -0.39 is 0 Å². The molecule has 0 bridgehead atoms. The van der Waals surface area contributed by atoms with Crippen LogP contribution in [0.3, 0.4) is 0 Å². The van der Waals surface area contributed by atoms with Crippen LogP contribution in [-0.4, -0.2) is 30.9 Å². The molecule has 1 fully saturated rings. The third-order valence-corrected chi connectivity index (χ3v) is 5.66. The summed E-state index contributed by atoms with van der Waals surface area (Å²) < 4.78 is 5.55. The number of hydrogen-bond acceptors (Lipinski definition) is 4. The van der Waals surface area contributed by atoms with Gasteiger partial charge in [0.15, 0.2) is 6.61 Å². The number of carbonyl (C=O) groups is 3. The number of benzene rings is 3. The molecule has 0 aromatic heterocycles. The average Bonchev–Trinajstić information content (AvgIpc) is 3.28. The molecule has 1 aliphatic heterocycles. The zero-order chi connectivity index (χ0) is 23.8. The maximum atomic E-state index is 12.5. The van der Waals surface area contributed by atoms with Crippen molar-refractivity contribution in [1.29, 1.82) is 0 Å². The van der Waals surface area contributed by atoms with Crippen LogP contribution in [0.15, 0.2) is 84.9 Å². The molecule has 34 heavy (non-hydrogen) atoms. The molecular formula is C27H27N3O4. The van der Waals surface area contributed by atoms with Gasteiger partial charge in [0.05, 0.1) is 5.92 Å².